The number of amides is 1. The number of hydrogen-bond donors (Lipinski definition) is 2. The summed E-state index contributed by atoms with van der Waals surface area (Å²) in [7, 11) is 0. The van der Waals surface area contributed by atoms with Gasteiger partial charge in [0.2, 0.25) is 0 Å². The second-order valence-electron chi connectivity index (χ2n) is 7.54. The predicted octanol–water partition coefficient (Wildman–Crippen LogP) is 3.27. The van der Waals surface area contributed by atoms with Gasteiger partial charge in [-0.2, -0.15) is 0 Å². The van der Waals surface area contributed by atoms with E-state index in [1.807, 2.05) is 26.8 Å². The first-order valence-corrected chi connectivity index (χ1v) is 9.21. The molecule has 0 atom stereocenters. The molecule has 1 saturated carbocycles. The lowest BCUT2D eigenvalue weighted by molar-refractivity contribution is 0.0876. The van der Waals surface area contributed by atoms with Crippen molar-refractivity contribution < 1.29 is 4.79 Å². The predicted molar refractivity (Wildman–Crippen MR) is 101 cm³/mol. The number of nitrogens with one attached hydrogen (secondary N) is 2. The van der Waals surface area contributed by atoms with Crippen LogP contribution in [0.1, 0.15) is 59.4 Å². The summed E-state index contributed by atoms with van der Waals surface area (Å²) in [6.07, 6.45) is 6.60. The molecule has 0 unspecified atom stereocenters. The van der Waals surface area contributed by atoms with Crippen LogP contribution in [0.2, 0.25) is 0 Å². The van der Waals surface area contributed by atoms with Crippen LogP contribution in [0.25, 0.3) is 0 Å². The van der Waals surface area contributed by atoms with Gasteiger partial charge >= 0.3 is 0 Å². The van der Waals surface area contributed by atoms with Crippen LogP contribution < -0.4 is 16.2 Å². The maximum absolute atomic E-state index is 13.3. The van der Waals surface area contributed by atoms with Crippen LogP contribution >= 0.6 is 0 Å². The van der Waals surface area contributed by atoms with Gasteiger partial charge in [-0.3, -0.25) is 19.1 Å². The molecule has 1 amide bonds. The number of nitrogens with zero attached hydrogens (tertiary/aromatic N) is 2. The number of rotatable bonds is 2. The van der Waals surface area contributed by atoms with E-state index in [4.69, 9.17) is 0 Å². The number of anilines is 2. The maximum atomic E-state index is 13.3. The van der Waals surface area contributed by atoms with Crippen molar-refractivity contribution in [3.63, 3.8) is 0 Å². The molecule has 1 aliphatic carbocycles. The molecule has 0 bridgehead atoms. The molecule has 1 fully saturated rings. The molecular formula is C20H24N4O2. The summed E-state index contributed by atoms with van der Waals surface area (Å²) in [4.78, 5) is 30.2. The van der Waals surface area contributed by atoms with Gasteiger partial charge in [-0.05, 0) is 69.7 Å². The second kappa shape index (κ2) is 5.97. The highest BCUT2D eigenvalue weighted by atomic mass is 16.2. The first-order chi connectivity index (χ1) is 12.4. The average Bonchev–Trinajstić information content (AvgIpc) is 2.88. The van der Waals surface area contributed by atoms with Crippen molar-refractivity contribution in [3.8, 4) is 0 Å². The average molecular weight is 352 g/mol. The van der Waals surface area contributed by atoms with Crippen molar-refractivity contribution in [2.45, 2.75) is 58.5 Å². The standard InChI is InChI=1S/C20H24N4O2/c1-12-9-16(22-15-10-14(3)21-11-13(15)2)19(26)24-17(12)18(25)23-20(24)7-5-4-6-8-20/h9-11H,4-8H2,1-3H3,(H,21,22)(H,23,25). The Morgan fingerprint density at radius 1 is 1.04 bits per heavy atom. The first kappa shape index (κ1) is 16.8. The van der Waals surface area contributed by atoms with E-state index in [0.717, 1.165) is 54.6 Å². The molecule has 3 heterocycles. The van der Waals surface area contributed by atoms with Gasteiger partial charge in [-0.25, -0.2) is 0 Å². The molecule has 2 aliphatic rings. The summed E-state index contributed by atoms with van der Waals surface area (Å²) in [5.74, 6) is -0.135. The molecule has 2 aromatic heterocycles. The Balaban J connectivity index is 1.85. The molecule has 0 aromatic carbocycles. The van der Waals surface area contributed by atoms with Crippen LogP contribution in [0.3, 0.4) is 0 Å². The number of carbonyl (C=O) groups is 1. The lowest BCUT2D eigenvalue weighted by Gasteiger charge is -2.35. The van der Waals surface area contributed by atoms with Gasteiger partial charge in [0.25, 0.3) is 11.5 Å². The van der Waals surface area contributed by atoms with Gasteiger partial charge < -0.3 is 10.6 Å². The highest BCUT2D eigenvalue weighted by molar-refractivity contribution is 5.97. The fourth-order valence-corrected chi connectivity index (χ4v) is 4.24. The van der Waals surface area contributed by atoms with Gasteiger partial charge in [0.15, 0.2) is 0 Å². The van der Waals surface area contributed by atoms with Crippen LogP contribution in [0.4, 0.5) is 11.4 Å². The zero-order valence-electron chi connectivity index (χ0n) is 15.5. The molecule has 2 aromatic rings. The van der Waals surface area contributed by atoms with Crippen LogP contribution in [0.15, 0.2) is 23.1 Å². The zero-order chi connectivity index (χ0) is 18.5. The van der Waals surface area contributed by atoms with Gasteiger partial charge in [0.05, 0.1) is 0 Å². The molecule has 6 nitrogen and oxygen atoms in total. The van der Waals surface area contributed by atoms with Gasteiger partial charge in [-0.15, -0.1) is 0 Å². The highest BCUT2D eigenvalue weighted by Gasteiger charge is 2.45. The molecule has 0 saturated heterocycles. The Morgan fingerprint density at radius 3 is 2.50 bits per heavy atom. The summed E-state index contributed by atoms with van der Waals surface area (Å²) in [6.45, 7) is 5.77. The van der Waals surface area contributed by atoms with E-state index >= 15 is 0 Å². The van der Waals surface area contributed by atoms with Crippen LogP contribution in [-0.2, 0) is 5.66 Å². The van der Waals surface area contributed by atoms with Crippen molar-refractivity contribution >= 4 is 17.3 Å². The van der Waals surface area contributed by atoms with Gasteiger partial charge in [0, 0.05) is 17.6 Å². The van der Waals surface area contributed by atoms with E-state index in [1.54, 1.807) is 16.8 Å². The molecular weight excluding hydrogens is 328 g/mol. The van der Waals surface area contributed by atoms with Crippen LogP contribution in [0, 0.1) is 20.8 Å². The third-order valence-corrected chi connectivity index (χ3v) is 5.57. The van der Waals surface area contributed by atoms with E-state index in [-0.39, 0.29) is 11.5 Å². The van der Waals surface area contributed by atoms with E-state index < -0.39 is 5.66 Å². The lowest BCUT2D eigenvalue weighted by Crippen LogP contribution is -2.48. The Labute approximate surface area is 152 Å². The summed E-state index contributed by atoms with van der Waals surface area (Å²) in [5.41, 5.74) is 3.84. The van der Waals surface area contributed by atoms with Crippen molar-refractivity contribution in [1.82, 2.24) is 14.9 Å². The fraction of sp³-hybridized carbons (Fsp3) is 0.450. The number of pyridine rings is 2. The van der Waals surface area contributed by atoms with Crippen LogP contribution in [0.5, 0.6) is 0 Å². The molecule has 136 valence electrons. The molecule has 2 N–H and O–H groups in total. The number of hydrogen-bond acceptors (Lipinski definition) is 4. The molecule has 6 heteroatoms. The topological polar surface area (TPSA) is 76.0 Å². The minimum absolute atomic E-state index is 0.135. The zero-order valence-corrected chi connectivity index (χ0v) is 15.5. The van der Waals surface area contributed by atoms with E-state index in [9.17, 15) is 9.59 Å². The first-order valence-electron chi connectivity index (χ1n) is 9.21. The summed E-state index contributed by atoms with van der Waals surface area (Å²) in [6, 6.07) is 3.71. The Hall–Kier alpha value is -2.63. The molecule has 1 spiro atoms. The van der Waals surface area contributed by atoms with E-state index in [0.29, 0.717) is 11.4 Å². The quantitative estimate of drug-likeness (QED) is 0.870. The molecule has 4 rings (SSSR count). The number of aromatic nitrogens is 2. The SMILES string of the molecule is Cc1cc(Nc2cc(C)c3n(c2=O)C2(CCCCC2)NC3=O)c(C)cn1. The largest absolute Gasteiger partial charge is 0.351 e. The van der Waals surface area contributed by atoms with E-state index in [2.05, 4.69) is 15.6 Å². The Bertz CT molecular complexity index is 955. The number of aryl methyl sites for hydroxylation is 3. The Kier molecular flexibility index (Phi) is 3.86. The molecule has 1 aliphatic heterocycles. The molecule has 26 heavy (non-hydrogen) atoms. The minimum atomic E-state index is -0.562. The lowest BCUT2D eigenvalue weighted by atomic mass is 9.89. The summed E-state index contributed by atoms with van der Waals surface area (Å²) in [5, 5.41) is 6.39. The smallest absolute Gasteiger partial charge is 0.276 e. The number of carbonyl (C=O) groups excluding carboxylic acids is 1. The monoisotopic (exact) mass is 352 g/mol. The third-order valence-electron chi connectivity index (χ3n) is 5.57. The van der Waals surface area contributed by atoms with Crippen molar-refractivity contribution in [2.75, 3.05) is 5.32 Å². The minimum Gasteiger partial charge on any atom is -0.351 e. The fourth-order valence-electron chi connectivity index (χ4n) is 4.24. The Morgan fingerprint density at radius 2 is 1.77 bits per heavy atom. The normalized spacial score (nSPS) is 17.9. The summed E-state index contributed by atoms with van der Waals surface area (Å²) >= 11 is 0. The second-order valence-corrected chi connectivity index (χ2v) is 7.54. The van der Waals surface area contributed by atoms with Crippen molar-refractivity contribution in [3.05, 3.63) is 51.2 Å². The van der Waals surface area contributed by atoms with Crippen molar-refractivity contribution in [1.29, 1.82) is 0 Å². The van der Waals surface area contributed by atoms with Gasteiger partial charge in [-0.1, -0.05) is 6.42 Å². The summed E-state index contributed by atoms with van der Waals surface area (Å²) < 4.78 is 1.72. The maximum Gasteiger partial charge on any atom is 0.276 e. The van der Waals surface area contributed by atoms with E-state index in [1.165, 1.54) is 0 Å². The third kappa shape index (κ3) is 2.52. The highest BCUT2D eigenvalue weighted by Crippen LogP contribution is 2.37. The van der Waals surface area contributed by atoms with Crippen LogP contribution in [-0.4, -0.2) is 15.5 Å². The van der Waals surface area contributed by atoms with Crippen molar-refractivity contribution in [2.24, 2.45) is 0 Å². The molecule has 0 radical (unpaired) electrons. The van der Waals surface area contributed by atoms with Gasteiger partial charge in [0.1, 0.15) is 17.0 Å². The number of fused-ring (bicyclic) bond motifs is 2.